The zero-order valence-electron chi connectivity index (χ0n) is 10.6. The summed E-state index contributed by atoms with van der Waals surface area (Å²) in [6.45, 7) is 2.24. The molecule has 1 aromatic rings. The van der Waals surface area contributed by atoms with Crippen LogP contribution in [-0.2, 0) is 10.0 Å². The highest BCUT2D eigenvalue weighted by Crippen LogP contribution is 2.21. The van der Waals surface area contributed by atoms with Crippen LogP contribution in [0.1, 0.15) is 6.92 Å². The quantitative estimate of drug-likeness (QED) is 0.463. The minimum absolute atomic E-state index is 0.0690. The Hall–Kier alpha value is -1.96. The second-order valence-corrected chi connectivity index (χ2v) is 6.35. The lowest BCUT2D eigenvalue weighted by Gasteiger charge is -2.08. The molecule has 1 aromatic carbocycles. The third-order valence-electron chi connectivity index (χ3n) is 3.09. The number of nitro groups is 1. The molecule has 102 valence electrons. The van der Waals surface area contributed by atoms with Crippen LogP contribution in [0.25, 0.3) is 0 Å². The standard InChI is InChI=1S/C11H14N3O4S/c1-9-7-13(8-12(9)2)19(17,18)11-5-3-4-10(6-11)14(15)16/h3-6,8-9H,7H2,1-2H3/q+1. The number of non-ortho nitro benzene ring substituents is 1. The average molecular weight is 284 g/mol. The zero-order chi connectivity index (χ0) is 14.2. The molecule has 1 aliphatic rings. The van der Waals surface area contributed by atoms with Gasteiger partial charge in [0.15, 0.2) is 0 Å². The summed E-state index contributed by atoms with van der Waals surface area (Å²) in [6.07, 6.45) is 1.50. The summed E-state index contributed by atoms with van der Waals surface area (Å²) >= 11 is 0. The predicted molar refractivity (Wildman–Crippen MR) is 68.7 cm³/mol. The van der Waals surface area contributed by atoms with E-state index in [-0.39, 0.29) is 16.6 Å². The number of hydrogen-bond donors (Lipinski definition) is 0. The molecule has 0 spiro atoms. The van der Waals surface area contributed by atoms with Gasteiger partial charge in [0.25, 0.3) is 5.69 Å². The summed E-state index contributed by atoms with van der Waals surface area (Å²) in [6, 6.07) is 5.15. The first kappa shape index (κ1) is 13.5. The highest BCUT2D eigenvalue weighted by Gasteiger charge is 2.36. The van der Waals surface area contributed by atoms with Crippen LogP contribution in [0.4, 0.5) is 5.69 Å². The van der Waals surface area contributed by atoms with Gasteiger partial charge in [0, 0.05) is 12.1 Å². The molecule has 8 heteroatoms. The Morgan fingerprint density at radius 2 is 2.16 bits per heavy atom. The predicted octanol–water partition coefficient (Wildman–Crippen LogP) is 0.658. The van der Waals surface area contributed by atoms with Crippen molar-refractivity contribution >= 4 is 22.0 Å². The van der Waals surface area contributed by atoms with Crippen LogP contribution in [0, 0.1) is 10.1 Å². The van der Waals surface area contributed by atoms with Crippen LogP contribution in [0.5, 0.6) is 0 Å². The van der Waals surface area contributed by atoms with Crippen LogP contribution < -0.4 is 0 Å². The van der Waals surface area contributed by atoms with E-state index < -0.39 is 14.9 Å². The normalized spacial score (nSPS) is 19.4. The maximum absolute atomic E-state index is 12.3. The van der Waals surface area contributed by atoms with E-state index >= 15 is 0 Å². The summed E-state index contributed by atoms with van der Waals surface area (Å²) in [5.41, 5.74) is -0.235. The van der Waals surface area contributed by atoms with E-state index in [0.717, 1.165) is 6.07 Å². The number of hydrogen-bond acceptors (Lipinski definition) is 4. The highest BCUT2D eigenvalue weighted by atomic mass is 32.2. The summed E-state index contributed by atoms with van der Waals surface area (Å²) in [5.74, 6) is 0. The number of nitro benzene ring substituents is 1. The third kappa shape index (κ3) is 2.43. The van der Waals surface area contributed by atoms with E-state index in [4.69, 9.17) is 0 Å². The Kier molecular flexibility index (Phi) is 3.27. The first-order valence-electron chi connectivity index (χ1n) is 5.65. The number of likely N-dealkylation sites (N-methyl/N-ethyl adjacent to an activating group) is 1. The van der Waals surface area contributed by atoms with Gasteiger partial charge in [0.2, 0.25) is 6.34 Å². The van der Waals surface area contributed by atoms with Crippen molar-refractivity contribution in [2.75, 3.05) is 13.6 Å². The number of nitrogens with zero attached hydrogens (tertiary/aromatic N) is 3. The van der Waals surface area contributed by atoms with Crippen LogP contribution in [0.3, 0.4) is 0 Å². The van der Waals surface area contributed by atoms with E-state index in [1.54, 1.807) is 11.6 Å². The van der Waals surface area contributed by atoms with Crippen LogP contribution in [0.15, 0.2) is 29.2 Å². The van der Waals surface area contributed by atoms with Crippen molar-refractivity contribution in [2.45, 2.75) is 17.9 Å². The second-order valence-electron chi connectivity index (χ2n) is 4.46. The van der Waals surface area contributed by atoms with Crippen molar-refractivity contribution in [1.82, 2.24) is 4.31 Å². The van der Waals surface area contributed by atoms with Gasteiger partial charge in [-0.1, -0.05) is 6.07 Å². The van der Waals surface area contributed by atoms with Crippen molar-refractivity contribution in [1.29, 1.82) is 0 Å². The maximum Gasteiger partial charge on any atom is 0.331 e. The molecule has 1 heterocycles. The fourth-order valence-electron chi connectivity index (χ4n) is 1.81. The molecule has 1 unspecified atom stereocenters. The molecule has 0 radical (unpaired) electrons. The molecule has 0 aliphatic carbocycles. The highest BCUT2D eigenvalue weighted by molar-refractivity contribution is 7.89. The van der Waals surface area contributed by atoms with E-state index in [1.807, 2.05) is 6.92 Å². The fourth-order valence-corrected chi connectivity index (χ4v) is 3.28. The average Bonchev–Trinajstić information content (AvgIpc) is 2.70. The molecule has 2 rings (SSSR count). The molecular formula is C11H14N3O4S+. The molecule has 1 aliphatic heterocycles. The lowest BCUT2D eigenvalue weighted by molar-refractivity contribution is -0.518. The van der Waals surface area contributed by atoms with Gasteiger partial charge in [-0.05, 0) is 13.0 Å². The van der Waals surface area contributed by atoms with Crippen molar-refractivity contribution in [3.63, 3.8) is 0 Å². The van der Waals surface area contributed by atoms with Gasteiger partial charge in [-0.3, -0.25) is 14.7 Å². The van der Waals surface area contributed by atoms with E-state index in [1.165, 1.54) is 28.8 Å². The summed E-state index contributed by atoms with van der Waals surface area (Å²) < 4.78 is 27.7. The molecular weight excluding hydrogens is 270 g/mol. The Labute approximate surface area is 111 Å². The molecule has 1 atom stereocenters. The molecule has 0 saturated heterocycles. The summed E-state index contributed by atoms with van der Waals surface area (Å²) in [5, 5.41) is 10.7. The second kappa shape index (κ2) is 4.61. The Morgan fingerprint density at radius 3 is 2.68 bits per heavy atom. The van der Waals surface area contributed by atoms with Gasteiger partial charge in [0.1, 0.15) is 17.5 Å². The Balaban J connectivity index is 2.41. The van der Waals surface area contributed by atoms with Crippen molar-refractivity contribution in [3.8, 4) is 0 Å². The summed E-state index contributed by atoms with van der Waals surface area (Å²) in [4.78, 5) is 10.0. The zero-order valence-corrected chi connectivity index (χ0v) is 11.4. The molecule has 0 fully saturated rings. The van der Waals surface area contributed by atoms with Gasteiger partial charge in [-0.2, -0.15) is 12.7 Å². The van der Waals surface area contributed by atoms with Gasteiger partial charge in [0.05, 0.1) is 12.0 Å². The lowest BCUT2D eigenvalue weighted by atomic mass is 10.3. The van der Waals surface area contributed by atoms with Crippen molar-refractivity contribution in [3.05, 3.63) is 34.4 Å². The van der Waals surface area contributed by atoms with Crippen LogP contribution in [-0.4, -0.2) is 48.2 Å². The Bertz CT molecular complexity index is 654. The van der Waals surface area contributed by atoms with Crippen LogP contribution >= 0.6 is 0 Å². The molecule has 7 nitrogen and oxygen atoms in total. The van der Waals surface area contributed by atoms with E-state index in [9.17, 15) is 18.5 Å². The molecule has 19 heavy (non-hydrogen) atoms. The van der Waals surface area contributed by atoms with Gasteiger partial charge in [-0.15, -0.1) is 0 Å². The topological polar surface area (TPSA) is 83.5 Å². The van der Waals surface area contributed by atoms with Gasteiger partial charge in [-0.25, -0.2) is 0 Å². The van der Waals surface area contributed by atoms with Gasteiger partial charge >= 0.3 is 10.0 Å². The Morgan fingerprint density at radius 1 is 1.47 bits per heavy atom. The van der Waals surface area contributed by atoms with Crippen molar-refractivity contribution in [2.24, 2.45) is 0 Å². The maximum atomic E-state index is 12.3. The third-order valence-corrected chi connectivity index (χ3v) is 4.80. The first-order valence-corrected chi connectivity index (χ1v) is 7.09. The molecule has 0 N–H and O–H groups in total. The number of benzene rings is 1. The van der Waals surface area contributed by atoms with Crippen LogP contribution in [0.2, 0.25) is 0 Å². The molecule has 0 amide bonds. The SMILES string of the molecule is CC1CN(S(=O)(=O)c2cccc([N+](=O)[O-])c2)C=[N+]1C. The molecule has 0 bridgehead atoms. The minimum atomic E-state index is -3.73. The first-order chi connectivity index (χ1) is 8.82. The lowest BCUT2D eigenvalue weighted by Crippen LogP contribution is -2.29. The molecule has 0 aromatic heterocycles. The van der Waals surface area contributed by atoms with Crippen molar-refractivity contribution < 1.29 is 17.9 Å². The van der Waals surface area contributed by atoms with E-state index in [2.05, 4.69) is 0 Å². The summed E-state index contributed by atoms with van der Waals surface area (Å²) in [7, 11) is -1.94. The minimum Gasteiger partial charge on any atom is -0.264 e. The monoisotopic (exact) mass is 284 g/mol. The fraction of sp³-hybridized carbons (Fsp3) is 0.364. The van der Waals surface area contributed by atoms with Gasteiger partial charge < -0.3 is 0 Å². The van der Waals surface area contributed by atoms with E-state index in [0.29, 0.717) is 6.54 Å². The largest absolute Gasteiger partial charge is 0.331 e. The number of sulfonamides is 1. The number of rotatable bonds is 3. The smallest absolute Gasteiger partial charge is 0.264 e. The molecule has 0 saturated carbocycles.